The van der Waals surface area contributed by atoms with E-state index in [2.05, 4.69) is 13.4 Å². The molecule has 0 amide bonds. The highest BCUT2D eigenvalue weighted by Crippen LogP contribution is 2.60. The molecule has 0 radical (unpaired) electrons. The van der Waals surface area contributed by atoms with Gasteiger partial charge in [-0.1, -0.05) is 0 Å². The molecule has 1 aliphatic rings. The molecule has 0 aliphatic carbocycles. The van der Waals surface area contributed by atoms with Crippen molar-refractivity contribution >= 4 is 21.4 Å². The Morgan fingerprint density at radius 3 is 2.16 bits per heavy atom. The lowest BCUT2D eigenvalue weighted by Crippen LogP contribution is -2.45. The van der Waals surface area contributed by atoms with Crippen molar-refractivity contribution in [3.8, 4) is 0 Å². The summed E-state index contributed by atoms with van der Waals surface area (Å²) in [5, 5.41) is 27.9. The predicted octanol–water partition coefficient (Wildman–Crippen LogP) is -2.10. The largest absolute Gasteiger partial charge is 0.481 e. The van der Waals surface area contributed by atoms with Crippen molar-refractivity contribution < 1.29 is 52.4 Å². The molecule has 1 aliphatic heterocycles. The number of Topliss-reactive ketones (excluding diaryl/α,β-unsaturated/α-hetero) is 1. The molecule has 2 unspecified atom stereocenters. The Hall–Kier alpha value is -0.190. The Morgan fingerprint density at radius 2 is 1.58 bits per heavy atom. The second-order valence-corrected chi connectivity index (χ2v) is 6.60. The highest BCUT2D eigenvalue weighted by molar-refractivity contribution is 7.61. The van der Waals surface area contributed by atoms with E-state index in [1.165, 1.54) is 0 Å². The molecule has 112 valence electrons. The highest BCUT2D eigenvalue weighted by Gasteiger charge is 2.40. The van der Waals surface area contributed by atoms with Crippen LogP contribution in [-0.4, -0.2) is 62.4 Å². The Morgan fingerprint density at radius 1 is 1.05 bits per heavy atom. The molecule has 11 nitrogen and oxygen atoms in total. The first kappa shape index (κ1) is 16.9. The minimum atomic E-state index is -5.08. The van der Waals surface area contributed by atoms with E-state index in [0.29, 0.717) is 0 Å². The smallest absolute Gasteiger partial charge is 0.388 e. The summed E-state index contributed by atoms with van der Waals surface area (Å²) in [6.07, 6.45) is -6.07. The van der Waals surface area contributed by atoms with Crippen molar-refractivity contribution in [1.82, 2.24) is 0 Å². The summed E-state index contributed by atoms with van der Waals surface area (Å²) < 4.78 is 34.2. The maximum atomic E-state index is 11.2. The summed E-state index contributed by atoms with van der Waals surface area (Å²) in [7, 11) is -10.1. The van der Waals surface area contributed by atoms with Crippen LogP contribution in [0.3, 0.4) is 0 Å². The molecule has 19 heavy (non-hydrogen) atoms. The molecule has 0 aromatic rings. The third kappa shape index (κ3) is 5.01. The van der Waals surface area contributed by atoms with E-state index in [-0.39, 0.29) is 0 Å². The van der Waals surface area contributed by atoms with Crippen LogP contribution in [0.25, 0.3) is 0 Å². The number of carbonyl (C=O) groups excluding carboxylic acids is 1. The van der Waals surface area contributed by atoms with E-state index in [1.807, 2.05) is 0 Å². The third-order valence-electron chi connectivity index (χ3n) is 2.03. The van der Waals surface area contributed by atoms with Gasteiger partial charge >= 0.3 is 15.6 Å². The summed E-state index contributed by atoms with van der Waals surface area (Å²) in [6.45, 7) is -2.21. The van der Waals surface area contributed by atoms with Crippen LogP contribution in [0, 0.1) is 0 Å². The normalized spacial score (nSPS) is 46.6. The minimum absolute atomic E-state index is 1.03. The summed E-state index contributed by atoms with van der Waals surface area (Å²) in [6, 6.07) is 0. The second kappa shape index (κ2) is 6.06. The van der Waals surface area contributed by atoms with Crippen LogP contribution in [0.2, 0.25) is 0 Å². The Kier molecular flexibility index (Phi) is 5.38. The molecule has 0 bridgehead atoms. The molecule has 0 aromatic heterocycles. The van der Waals surface area contributed by atoms with Gasteiger partial charge in [-0.2, -0.15) is 4.31 Å². The molecule has 1 heterocycles. The zero-order valence-corrected chi connectivity index (χ0v) is 11.0. The molecule has 13 heteroatoms. The SMILES string of the molecule is O=C1COP(=O)(O)OP(=O)(O)OC[C@@H](O)[C@@H](O)[C@@H]1O. The van der Waals surface area contributed by atoms with Crippen molar-refractivity contribution in [3.05, 3.63) is 0 Å². The van der Waals surface area contributed by atoms with Gasteiger partial charge in [-0.3, -0.25) is 13.8 Å². The molecule has 0 spiro atoms. The Bertz CT molecular complexity index is 435. The predicted molar refractivity (Wildman–Crippen MR) is 55.7 cm³/mol. The van der Waals surface area contributed by atoms with E-state index in [4.69, 9.17) is 9.79 Å². The molecule has 1 saturated heterocycles. The van der Waals surface area contributed by atoms with Crippen LogP contribution < -0.4 is 0 Å². The fourth-order valence-corrected chi connectivity index (χ4v) is 3.13. The quantitative estimate of drug-likeness (QED) is 0.308. The lowest BCUT2D eigenvalue weighted by Gasteiger charge is -2.21. The van der Waals surface area contributed by atoms with Gasteiger partial charge in [-0.15, -0.1) is 0 Å². The minimum Gasteiger partial charge on any atom is -0.388 e. The van der Waals surface area contributed by atoms with E-state index >= 15 is 0 Å². The molecule has 0 aromatic carbocycles. The number of aliphatic hydroxyl groups excluding tert-OH is 3. The van der Waals surface area contributed by atoms with E-state index in [9.17, 15) is 29.2 Å². The van der Waals surface area contributed by atoms with Crippen molar-refractivity contribution in [1.29, 1.82) is 0 Å². The van der Waals surface area contributed by atoms with Gasteiger partial charge in [0.25, 0.3) is 0 Å². The van der Waals surface area contributed by atoms with Crippen LogP contribution in [0.15, 0.2) is 0 Å². The van der Waals surface area contributed by atoms with Crippen molar-refractivity contribution in [2.45, 2.75) is 18.3 Å². The number of carbonyl (C=O) groups is 1. The number of hydrogen-bond acceptors (Lipinski definition) is 9. The standard InChI is InChI=1S/C6H12O11P2/c7-3-1-15-18(11,12)17-19(13,14)16-2-4(8)6(10)5(3)9/h3,5-7,9-10H,1-2H2,(H,11,12)(H,13,14)/t3-,5-,6-/m1/s1. The second-order valence-electron chi connectivity index (χ2n) is 3.56. The van der Waals surface area contributed by atoms with Gasteiger partial charge in [0, 0.05) is 0 Å². The van der Waals surface area contributed by atoms with Crippen LogP contribution in [0.1, 0.15) is 0 Å². The highest BCUT2D eigenvalue weighted by atomic mass is 31.3. The molecule has 1 rings (SSSR count). The summed E-state index contributed by atoms with van der Waals surface area (Å²) >= 11 is 0. The molecule has 0 saturated carbocycles. The zero-order valence-electron chi connectivity index (χ0n) is 9.23. The first-order chi connectivity index (χ1) is 8.54. The first-order valence-electron chi connectivity index (χ1n) is 4.77. The summed E-state index contributed by atoms with van der Waals surface area (Å²) in [5.41, 5.74) is 0. The van der Waals surface area contributed by atoms with Crippen LogP contribution in [-0.2, 0) is 27.3 Å². The van der Waals surface area contributed by atoms with Gasteiger partial charge in [-0.25, -0.2) is 9.13 Å². The summed E-state index contributed by atoms with van der Waals surface area (Å²) in [4.78, 5) is 29.3. The fraction of sp³-hybridized carbons (Fsp3) is 0.833. The average Bonchev–Trinajstić information content (AvgIpc) is 2.29. The van der Waals surface area contributed by atoms with Crippen LogP contribution >= 0.6 is 15.6 Å². The molecule has 5 N–H and O–H groups in total. The molecule has 5 atom stereocenters. The van der Waals surface area contributed by atoms with Gasteiger partial charge < -0.3 is 25.1 Å². The lowest BCUT2D eigenvalue weighted by molar-refractivity contribution is -0.141. The number of hydrogen-bond donors (Lipinski definition) is 5. The zero-order chi connectivity index (χ0) is 14.8. The van der Waals surface area contributed by atoms with E-state index in [1.54, 1.807) is 0 Å². The summed E-state index contributed by atoms with van der Waals surface area (Å²) in [5.74, 6) is -1.24. The number of aliphatic hydroxyl groups is 3. The van der Waals surface area contributed by atoms with E-state index < -0.39 is 53.0 Å². The Labute approximate surface area is 106 Å². The van der Waals surface area contributed by atoms with Crippen LogP contribution in [0.4, 0.5) is 0 Å². The van der Waals surface area contributed by atoms with Gasteiger partial charge in [-0.05, 0) is 0 Å². The van der Waals surface area contributed by atoms with Gasteiger partial charge in [0.2, 0.25) is 0 Å². The van der Waals surface area contributed by atoms with Crippen molar-refractivity contribution in [2.24, 2.45) is 0 Å². The van der Waals surface area contributed by atoms with E-state index in [0.717, 1.165) is 0 Å². The molecular formula is C6H12O11P2. The van der Waals surface area contributed by atoms with Gasteiger partial charge in [0.05, 0.1) is 6.61 Å². The molecule has 1 fully saturated rings. The molecular weight excluding hydrogens is 310 g/mol. The number of phosphoric acid groups is 2. The lowest BCUT2D eigenvalue weighted by atomic mass is 10.1. The Balaban J connectivity index is 2.97. The van der Waals surface area contributed by atoms with Crippen LogP contribution in [0.5, 0.6) is 0 Å². The maximum absolute atomic E-state index is 11.2. The average molecular weight is 322 g/mol. The monoisotopic (exact) mass is 322 g/mol. The fourth-order valence-electron chi connectivity index (χ4n) is 1.08. The van der Waals surface area contributed by atoms with Crippen molar-refractivity contribution in [3.63, 3.8) is 0 Å². The van der Waals surface area contributed by atoms with Gasteiger partial charge in [0.15, 0.2) is 5.78 Å². The number of rotatable bonds is 0. The van der Waals surface area contributed by atoms with Crippen molar-refractivity contribution in [2.75, 3.05) is 13.2 Å². The number of phosphoric ester groups is 2. The first-order valence-corrected chi connectivity index (χ1v) is 7.76. The third-order valence-corrected chi connectivity index (χ3v) is 4.61. The van der Waals surface area contributed by atoms with Gasteiger partial charge in [0.1, 0.15) is 24.9 Å². The number of ketones is 1. The topological polar surface area (TPSA) is 180 Å². The maximum Gasteiger partial charge on any atom is 0.481 e.